The van der Waals surface area contributed by atoms with Crippen molar-refractivity contribution in [2.24, 2.45) is 0 Å². The third kappa shape index (κ3) is 5.20. The van der Waals surface area contributed by atoms with E-state index in [2.05, 4.69) is 19.7 Å². The van der Waals surface area contributed by atoms with E-state index in [4.69, 9.17) is 5.11 Å². The van der Waals surface area contributed by atoms with Crippen LogP contribution in [-0.4, -0.2) is 5.11 Å². The van der Waals surface area contributed by atoms with Gasteiger partial charge in [0.25, 0.3) is 0 Å². The van der Waals surface area contributed by atoms with E-state index in [1.54, 1.807) is 24.3 Å². The van der Waals surface area contributed by atoms with Crippen molar-refractivity contribution in [1.82, 2.24) is 0 Å². The molecule has 0 aromatic rings. The molecule has 0 spiro atoms. The maximum atomic E-state index is 9.15. The summed E-state index contributed by atoms with van der Waals surface area (Å²) in [7, 11) is 0. The molecule has 0 aliphatic carbocycles. The van der Waals surface area contributed by atoms with Gasteiger partial charge in [-0.1, -0.05) is 57.9 Å². The highest BCUT2D eigenvalue weighted by molar-refractivity contribution is 5.48. The fourth-order valence-electron chi connectivity index (χ4n) is 0.895. The molecular formula is C13H20O. The number of aliphatic hydroxyl groups excluding tert-OH is 1. The normalized spacial score (nSPS) is 11.1. The average Bonchev–Trinajstić information content (AvgIpc) is 2.20. The first-order valence-electron chi connectivity index (χ1n) is 4.67. The Kier molecular flexibility index (Phi) is 10.3. The van der Waals surface area contributed by atoms with Crippen LogP contribution in [-0.2, 0) is 0 Å². The maximum absolute atomic E-state index is 9.15. The zero-order valence-corrected chi connectivity index (χ0v) is 9.38. The van der Waals surface area contributed by atoms with Crippen LogP contribution >= 0.6 is 0 Å². The minimum Gasteiger partial charge on any atom is -0.508 e. The fourth-order valence-corrected chi connectivity index (χ4v) is 0.895. The quantitative estimate of drug-likeness (QED) is 0.519. The zero-order chi connectivity index (χ0) is 11.6. The Hall–Kier alpha value is -1.50. The van der Waals surface area contributed by atoms with Gasteiger partial charge in [-0.3, -0.25) is 0 Å². The molecule has 78 valence electrons. The van der Waals surface area contributed by atoms with E-state index in [0.29, 0.717) is 5.57 Å². The minimum atomic E-state index is 0.0468. The number of allylic oxidation sites excluding steroid dienone is 5. The number of hydrogen-bond donors (Lipinski definition) is 1. The Morgan fingerprint density at radius 2 is 1.71 bits per heavy atom. The molecular weight excluding hydrogens is 172 g/mol. The molecule has 1 heteroatoms. The largest absolute Gasteiger partial charge is 0.508 e. The second-order valence-corrected chi connectivity index (χ2v) is 2.21. The summed E-state index contributed by atoms with van der Waals surface area (Å²) >= 11 is 0. The smallest absolute Gasteiger partial charge is 0.115 e. The van der Waals surface area contributed by atoms with E-state index in [9.17, 15) is 0 Å². The van der Waals surface area contributed by atoms with E-state index in [0.717, 1.165) is 5.57 Å². The van der Waals surface area contributed by atoms with Crippen LogP contribution in [0.3, 0.4) is 0 Å². The summed E-state index contributed by atoms with van der Waals surface area (Å²) < 4.78 is 0. The number of rotatable bonds is 4. The van der Waals surface area contributed by atoms with Gasteiger partial charge in [0, 0.05) is 5.57 Å². The van der Waals surface area contributed by atoms with Crippen molar-refractivity contribution >= 4 is 0 Å². The van der Waals surface area contributed by atoms with Gasteiger partial charge in [-0.05, 0) is 12.5 Å². The Bertz CT molecular complexity index is 254. The van der Waals surface area contributed by atoms with Gasteiger partial charge in [-0.25, -0.2) is 0 Å². The van der Waals surface area contributed by atoms with Crippen LogP contribution in [0.25, 0.3) is 0 Å². The van der Waals surface area contributed by atoms with Crippen LogP contribution in [0, 0.1) is 0 Å². The molecule has 0 heterocycles. The minimum absolute atomic E-state index is 0.0468. The summed E-state index contributed by atoms with van der Waals surface area (Å²) in [5.74, 6) is 0.0468. The van der Waals surface area contributed by atoms with Crippen molar-refractivity contribution in [1.29, 1.82) is 0 Å². The lowest BCUT2D eigenvalue weighted by Crippen LogP contribution is -1.89. The summed E-state index contributed by atoms with van der Waals surface area (Å²) in [6, 6.07) is 0. The van der Waals surface area contributed by atoms with Gasteiger partial charge < -0.3 is 5.11 Å². The van der Waals surface area contributed by atoms with Gasteiger partial charge in [0.1, 0.15) is 5.76 Å². The molecule has 0 bridgehead atoms. The maximum Gasteiger partial charge on any atom is 0.115 e. The molecule has 0 saturated carbocycles. The summed E-state index contributed by atoms with van der Waals surface area (Å²) in [4.78, 5) is 0. The molecule has 0 fully saturated rings. The molecule has 0 aliphatic heterocycles. The molecule has 1 nitrogen and oxygen atoms in total. The number of aliphatic hydroxyl groups is 1. The van der Waals surface area contributed by atoms with Gasteiger partial charge in [0.05, 0.1) is 0 Å². The fraction of sp³-hybridized carbons (Fsp3) is 0.231. The Morgan fingerprint density at radius 1 is 1.21 bits per heavy atom. The topological polar surface area (TPSA) is 20.2 Å². The van der Waals surface area contributed by atoms with Crippen LogP contribution in [0.1, 0.15) is 20.8 Å². The molecule has 0 radical (unpaired) electrons. The van der Waals surface area contributed by atoms with Crippen molar-refractivity contribution in [3.05, 3.63) is 60.9 Å². The van der Waals surface area contributed by atoms with E-state index < -0.39 is 0 Å². The van der Waals surface area contributed by atoms with Gasteiger partial charge in [-0.15, -0.1) is 0 Å². The van der Waals surface area contributed by atoms with Gasteiger partial charge in [0.2, 0.25) is 0 Å². The molecule has 0 unspecified atom stereocenters. The Balaban J connectivity index is 0. The van der Waals surface area contributed by atoms with Crippen LogP contribution in [0.15, 0.2) is 60.9 Å². The van der Waals surface area contributed by atoms with Crippen molar-refractivity contribution in [2.75, 3.05) is 0 Å². The highest BCUT2D eigenvalue weighted by Gasteiger charge is 2.01. The van der Waals surface area contributed by atoms with Gasteiger partial charge >= 0.3 is 0 Å². The predicted molar refractivity (Wildman–Crippen MR) is 65.4 cm³/mol. The highest BCUT2D eigenvalue weighted by Crippen LogP contribution is 2.16. The summed E-state index contributed by atoms with van der Waals surface area (Å²) in [5, 5.41) is 9.15. The third-order valence-electron chi connectivity index (χ3n) is 1.43. The standard InChI is InChI=1S/C11H14O.C2H6/c1-5-8-10(6-2)11(7-3)9(4)12;1-2/h5-8,12H,1-2,4H2,3H3;1-2H3/b10-8-,11-7-;. The first-order valence-corrected chi connectivity index (χ1v) is 4.67. The lowest BCUT2D eigenvalue weighted by Gasteiger charge is -2.04. The SMILES string of the molecule is C=C/C=C(C=C)\C(=C/C)C(=C)O.CC. The van der Waals surface area contributed by atoms with Gasteiger partial charge in [0.15, 0.2) is 0 Å². The van der Waals surface area contributed by atoms with Crippen LogP contribution < -0.4 is 0 Å². The third-order valence-corrected chi connectivity index (χ3v) is 1.43. The molecule has 0 saturated heterocycles. The van der Waals surface area contributed by atoms with Gasteiger partial charge in [-0.2, -0.15) is 0 Å². The van der Waals surface area contributed by atoms with E-state index in [1.807, 2.05) is 20.8 Å². The average molecular weight is 192 g/mol. The van der Waals surface area contributed by atoms with Crippen LogP contribution in [0.5, 0.6) is 0 Å². The first kappa shape index (κ1) is 15.0. The van der Waals surface area contributed by atoms with E-state index in [-0.39, 0.29) is 5.76 Å². The van der Waals surface area contributed by atoms with E-state index in [1.165, 1.54) is 0 Å². The lowest BCUT2D eigenvalue weighted by molar-refractivity contribution is 0.428. The Labute approximate surface area is 87.5 Å². The van der Waals surface area contributed by atoms with Crippen molar-refractivity contribution in [3.8, 4) is 0 Å². The first-order chi connectivity index (χ1) is 6.67. The summed E-state index contributed by atoms with van der Waals surface area (Å²) in [6.45, 7) is 16.5. The van der Waals surface area contributed by atoms with Crippen LogP contribution in [0.4, 0.5) is 0 Å². The molecule has 0 atom stereocenters. The summed E-state index contributed by atoms with van der Waals surface area (Å²) in [6.07, 6.45) is 6.84. The second-order valence-electron chi connectivity index (χ2n) is 2.21. The predicted octanol–water partition coefficient (Wildman–Crippen LogP) is 4.33. The molecule has 0 aliphatic rings. The van der Waals surface area contributed by atoms with E-state index >= 15 is 0 Å². The molecule has 0 aromatic carbocycles. The second kappa shape index (κ2) is 9.59. The lowest BCUT2D eigenvalue weighted by atomic mass is 10.0. The molecule has 0 amide bonds. The zero-order valence-electron chi connectivity index (χ0n) is 9.38. The molecule has 1 N–H and O–H groups in total. The summed E-state index contributed by atoms with van der Waals surface area (Å²) in [5.41, 5.74) is 1.50. The Morgan fingerprint density at radius 3 is 1.93 bits per heavy atom. The highest BCUT2D eigenvalue weighted by atomic mass is 16.3. The molecule has 0 rings (SSSR count). The van der Waals surface area contributed by atoms with Crippen molar-refractivity contribution in [3.63, 3.8) is 0 Å². The van der Waals surface area contributed by atoms with Crippen molar-refractivity contribution < 1.29 is 5.11 Å². The number of hydrogen-bond acceptors (Lipinski definition) is 1. The monoisotopic (exact) mass is 192 g/mol. The molecule has 0 aromatic heterocycles. The molecule has 14 heavy (non-hydrogen) atoms. The van der Waals surface area contributed by atoms with Crippen LogP contribution in [0.2, 0.25) is 0 Å². The van der Waals surface area contributed by atoms with Crippen molar-refractivity contribution in [2.45, 2.75) is 20.8 Å².